The number of likely N-dealkylation sites (N-methyl/N-ethyl adjacent to an activating group) is 1. The van der Waals surface area contributed by atoms with E-state index >= 15 is 0 Å². The Morgan fingerprint density at radius 3 is 2.35 bits per heavy atom. The Kier molecular flexibility index (Phi) is 7.90. The van der Waals surface area contributed by atoms with Gasteiger partial charge >= 0.3 is 0 Å². The fourth-order valence-corrected chi connectivity index (χ4v) is 4.33. The third-order valence-electron chi connectivity index (χ3n) is 5.40. The van der Waals surface area contributed by atoms with Gasteiger partial charge in [-0.3, -0.25) is 10.1 Å². The highest BCUT2D eigenvalue weighted by molar-refractivity contribution is 7.80. The van der Waals surface area contributed by atoms with Crippen LogP contribution >= 0.6 is 35.4 Å². The zero-order valence-corrected chi connectivity index (χ0v) is 20.9. The lowest BCUT2D eigenvalue weighted by atomic mass is 10.2. The van der Waals surface area contributed by atoms with E-state index in [4.69, 9.17) is 39.8 Å². The average Bonchev–Trinajstić information content (AvgIpc) is 3.27. The van der Waals surface area contributed by atoms with Crippen molar-refractivity contribution in [2.75, 3.05) is 43.4 Å². The number of halogens is 2. The molecule has 1 amide bonds. The molecular formula is C25H24Cl2N4O2S. The fourth-order valence-electron chi connectivity index (χ4n) is 3.59. The predicted octanol–water partition coefficient (Wildman–Crippen LogP) is 5.53. The van der Waals surface area contributed by atoms with Crippen molar-refractivity contribution in [3.8, 4) is 11.3 Å². The number of piperazine rings is 1. The molecule has 2 N–H and O–H groups in total. The summed E-state index contributed by atoms with van der Waals surface area (Å²) in [5.74, 6) is 0.747. The molecule has 0 bridgehead atoms. The number of hydrogen-bond acceptors (Lipinski definition) is 5. The van der Waals surface area contributed by atoms with Gasteiger partial charge in [0, 0.05) is 59.2 Å². The van der Waals surface area contributed by atoms with Gasteiger partial charge < -0.3 is 19.5 Å². The van der Waals surface area contributed by atoms with Gasteiger partial charge in [0.15, 0.2) is 5.11 Å². The van der Waals surface area contributed by atoms with Crippen molar-refractivity contribution in [3.63, 3.8) is 0 Å². The zero-order chi connectivity index (χ0) is 24.1. The molecule has 176 valence electrons. The van der Waals surface area contributed by atoms with E-state index in [1.807, 2.05) is 12.1 Å². The fraction of sp³-hybridized carbons (Fsp3) is 0.200. The standard InChI is InChI=1S/C25H24Cl2N4O2S/c1-30-10-12-31(13-11-30)21-4-2-20(3-5-21)28-25(34)29-24(32)9-7-22-6-8-23(33-22)17-14-18(26)16-19(27)15-17/h2-9,14-16H,10-13H2,1H3,(H2,28,29,32,34)/b9-7+. The molecule has 1 fully saturated rings. The second-order valence-electron chi connectivity index (χ2n) is 7.97. The summed E-state index contributed by atoms with van der Waals surface area (Å²) >= 11 is 17.4. The summed E-state index contributed by atoms with van der Waals surface area (Å²) in [7, 11) is 2.14. The number of benzene rings is 2. The number of rotatable bonds is 5. The number of furan rings is 1. The van der Waals surface area contributed by atoms with E-state index in [0.717, 1.165) is 37.4 Å². The zero-order valence-electron chi connectivity index (χ0n) is 18.6. The van der Waals surface area contributed by atoms with Crippen molar-refractivity contribution in [2.24, 2.45) is 0 Å². The van der Waals surface area contributed by atoms with E-state index in [0.29, 0.717) is 21.6 Å². The maximum absolute atomic E-state index is 12.3. The van der Waals surface area contributed by atoms with E-state index in [9.17, 15) is 4.79 Å². The average molecular weight is 515 g/mol. The molecule has 3 aromatic rings. The first-order valence-electron chi connectivity index (χ1n) is 10.8. The van der Waals surface area contributed by atoms with Gasteiger partial charge in [-0.2, -0.15) is 0 Å². The summed E-state index contributed by atoms with van der Waals surface area (Å²) in [6.45, 7) is 4.12. The summed E-state index contributed by atoms with van der Waals surface area (Å²) in [6.07, 6.45) is 2.93. The molecule has 1 aromatic heterocycles. The lowest BCUT2D eigenvalue weighted by Gasteiger charge is -2.34. The summed E-state index contributed by atoms with van der Waals surface area (Å²) in [5, 5.41) is 6.93. The molecule has 0 radical (unpaired) electrons. The lowest BCUT2D eigenvalue weighted by molar-refractivity contribution is -0.115. The van der Waals surface area contributed by atoms with Crippen molar-refractivity contribution >= 4 is 63.9 Å². The number of anilines is 2. The topological polar surface area (TPSA) is 60.8 Å². The smallest absolute Gasteiger partial charge is 0.250 e. The van der Waals surface area contributed by atoms with E-state index in [-0.39, 0.29) is 11.0 Å². The Morgan fingerprint density at radius 2 is 1.68 bits per heavy atom. The Hall–Kier alpha value is -2.84. The van der Waals surface area contributed by atoms with Crippen LogP contribution in [0.15, 0.2) is 65.1 Å². The number of hydrogen-bond donors (Lipinski definition) is 2. The largest absolute Gasteiger partial charge is 0.457 e. The van der Waals surface area contributed by atoms with Crippen LogP contribution in [0, 0.1) is 0 Å². The molecule has 2 heterocycles. The second kappa shape index (κ2) is 11.1. The highest BCUT2D eigenvalue weighted by Gasteiger charge is 2.14. The molecule has 0 unspecified atom stereocenters. The molecule has 4 rings (SSSR count). The summed E-state index contributed by atoms with van der Waals surface area (Å²) in [4.78, 5) is 16.9. The molecule has 9 heteroatoms. The number of thiocarbonyl (C=S) groups is 1. The normalized spacial score (nSPS) is 14.4. The maximum atomic E-state index is 12.3. The molecular weight excluding hydrogens is 491 g/mol. The molecule has 2 aromatic carbocycles. The van der Waals surface area contributed by atoms with Crippen LogP contribution < -0.4 is 15.5 Å². The van der Waals surface area contributed by atoms with Crippen molar-refractivity contribution in [1.82, 2.24) is 10.2 Å². The van der Waals surface area contributed by atoms with Gasteiger partial charge in [0.1, 0.15) is 11.5 Å². The Bertz CT molecular complexity index is 1180. The summed E-state index contributed by atoms with van der Waals surface area (Å²) in [6, 6.07) is 16.7. The van der Waals surface area contributed by atoms with Crippen molar-refractivity contribution in [1.29, 1.82) is 0 Å². The lowest BCUT2D eigenvalue weighted by Crippen LogP contribution is -2.44. The van der Waals surface area contributed by atoms with Gasteiger partial charge in [0.25, 0.3) is 0 Å². The van der Waals surface area contributed by atoms with Gasteiger partial charge in [0.05, 0.1) is 0 Å². The maximum Gasteiger partial charge on any atom is 0.250 e. The van der Waals surface area contributed by atoms with Gasteiger partial charge in [-0.05, 0) is 79.9 Å². The molecule has 0 saturated carbocycles. The first-order valence-corrected chi connectivity index (χ1v) is 11.9. The van der Waals surface area contributed by atoms with Crippen LogP contribution in [0.2, 0.25) is 10.0 Å². The predicted molar refractivity (Wildman–Crippen MR) is 144 cm³/mol. The number of nitrogens with zero attached hydrogens (tertiary/aromatic N) is 2. The molecule has 0 spiro atoms. The monoisotopic (exact) mass is 514 g/mol. The van der Waals surface area contributed by atoms with Crippen LogP contribution in [-0.4, -0.2) is 49.1 Å². The molecule has 34 heavy (non-hydrogen) atoms. The highest BCUT2D eigenvalue weighted by atomic mass is 35.5. The molecule has 1 aliphatic rings. The van der Waals surface area contributed by atoms with Crippen LogP contribution in [0.4, 0.5) is 11.4 Å². The minimum atomic E-state index is -0.365. The molecule has 6 nitrogen and oxygen atoms in total. The van der Waals surface area contributed by atoms with Crippen LogP contribution in [-0.2, 0) is 4.79 Å². The quantitative estimate of drug-likeness (QED) is 0.344. The van der Waals surface area contributed by atoms with E-state index in [1.54, 1.807) is 36.4 Å². The first kappa shape index (κ1) is 24.3. The minimum absolute atomic E-state index is 0.218. The first-order chi connectivity index (χ1) is 16.4. The van der Waals surface area contributed by atoms with E-state index < -0.39 is 0 Å². The highest BCUT2D eigenvalue weighted by Crippen LogP contribution is 2.29. The van der Waals surface area contributed by atoms with Crippen LogP contribution in [0.1, 0.15) is 5.76 Å². The summed E-state index contributed by atoms with van der Waals surface area (Å²) < 4.78 is 5.76. The van der Waals surface area contributed by atoms with E-state index in [2.05, 4.69) is 39.6 Å². The van der Waals surface area contributed by atoms with E-state index in [1.165, 1.54) is 11.8 Å². The molecule has 0 aliphatic carbocycles. The van der Waals surface area contributed by atoms with Crippen LogP contribution in [0.25, 0.3) is 17.4 Å². The van der Waals surface area contributed by atoms with Gasteiger partial charge in [0.2, 0.25) is 5.91 Å². The van der Waals surface area contributed by atoms with Gasteiger partial charge in [-0.25, -0.2) is 0 Å². The number of carbonyl (C=O) groups is 1. The van der Waals surface area contributed by atoms with Gasteiger partial charge in [-0.1, -0.05) is 23.2 Å². The van der Waals surface area contributed by atoms with Crippen molar-refractivity contribution in [3.05, 3.63) is 76.5 Å². The summed E-state index contributed by atoms with van der Waals surface area (Å²) in [5.41, 5.74) is 2.74. The third-order valence-corrected chi connectivity index (χ3v) is 6.04. The molecule has 1 aliphatic heterocycles. The van der Waals surface area contributed by atoms with Crippen LogP contribution in [0.3, 0.4) is 0 Å². The van der Waals surface area contributed by atoms with Crippen molar-refractivity contribution < 1.29 is 9.21 Å². The Morgan fingerprint density at radius 1 is 1.00 bits per heavy atom. The molecule has 0 atom stereocenters. The third kappa shape index (κ3) is 6.61. The number of carbonyl (C=O) groups excluding carboxylic acids is 1. The molecule has 1 saturated heterocycles. The van der Waals surface area contributed by atoms with Crippen molar-refractivity contribution in [2.45, 2.75) is 0 Å². The number of amides is 1. The Labute approximate surface area is 214 Å². The second-order valence-corrected chi connectivity index (χ2v) is 9.26. The number of nitrogens with one attached hydrogen (secondary N) is 2. The minimum Gasteiger partial charge on any atom is -0.457 e. The van der Waals surface area contributed by atoms with Gasteiger partial charge in [-0.15, -0.1) is 0 Å². The Balaban J connectivity index is 1.28. The van der Waals surface area contributed by atoms with Crippen LogP contribution in [0.5, 0.6) is 0 Å². The SMILES string of the molecule is CN1CCN(c2ccc(NC(=S)NC(=O)/C=C/c3ccc(-c4cc(Cl)cc(Cl)c4)o3)cc2)CC1.